The molecule has 0 atom stereocenters. The van der Waals surface area contributed by atoms with Gasteiger partial charge in [0.25, 0.3) is 0 Å². The molecule has 6 rings (SSSR count). The van der Waals surface area contributed by atoms with Crippen LogP contribution >= 0.6 is 11.6 Å². The van der Waals surface area contributed by atoms with Crippen molar-refractivity contribution in [3.8, 4) is 11.1 Å². The van der Waals surface area contributed by atoms with Crippen LogP contribution in [-0.4, -0.2) is 12.4 Å². The van der Waals surface area contributed by atoms with E-state index < -0.39 is 0 Å². The summed E-state index contributed by atoms with van der Waals surface area (Å²) in [5.74, 6) is 0.561. The van der Waals surface area contributed by atoms with E-state index in [9.17, 15) is 0 Å². The van der Waals surface area contributed by atoms with E-state index in [1.807, 2.05) is 6.07 Å². The summed E-state index contributed by atoms with van der Waals surface area (Å²) in [5.41, 5.74) is 9.76. The van der Waals surface area contributed by atoms with Crippen LogP contribution in [0.25, 0.3) is 11.1 Å². The number of rotatable bonds is 6. The molecule has 170 valence electrons. The largest absolute Gasteiger partial charge is 0.340 e. The lowest BCUT2D eigenvalue weighted by atomic mass is 9.68. The molecule has 0 heterocycles. The molecule has 0 radical (unpaired) electrons. The number of halogens is 1. The number of para-hydroxylation sites is 1. The molecule has 2 heteroatoms. The van der Waals surface area contributed by atoms with Gasteiger partial charge in [0, 0.05) is 23.8 Å². The van der Waals surface area contributed by atoms with E-state index in [0.29, 0.717) is 5.88 Å². The van der Waals surface area contributed by atoms with Gasteiger partial charge < -0.3 is 4.90 Å². The average molecular weight is 472 g/mol. The maximum atomic E-state index is 6.20. The summed E-state index contributed by atoms with van der Waals surface area (Å²) in [6.07, 6.45) is 0. The standard InChI is InChI=1S/C33H26ClN/c34-23-24-35(27-13-5-2-6-14-27)28-21-19-26(20-22-28)33(25-11-3-1-4-12-25)31-17-9-7-15-29(31)30-16-8-10-18-32(30)33/h1-22H,23-24H2. The quantitative estimate of drug-likeness (QED) is 0.220. The van der Waals surface area contributed by atoms with Crippen LogP contribution in [0, 0.1) is 0 Å². The summed E-state index contributed by atoms with van der Waals surface area (Å²) < 4.78 is 0. The molecular formula is C33H26ClN. The topological polar surface area (TPSA) is 3.24 Å². The van der Waals surface area contributed by atoms with Crippen molar-refractivity contribution in [3.63, 3.8) is 0 Å². The normalized spacial score (nSPS) is 13.2. The van der Waals surface area contributed by atoms with Crippen molar-refractivity contribution in [1.29, 1.82) is 0 Å². The number of nitrogens with zero attached hydrogens (tertiary/aromatic N) is 1. The van der Waals surface area contributed by atoms with Gasteiger partial charge >= 0.3 is 0 Å². The molecule has 0 aromatic heterocycles. The first-order valence-corrected chi connectivity index (χ1v) is 12.6. The van der Waals surface area contributed by atoms with E-state index >= 15 is 0 Å². The van der Waals surface area contributed by atoms with Crippen molar-refractivity contribution >= 4 is 23.0 Å². The minimum atomic E-state index is -0.364. The summed E-state index contributed by atoms with van der Waals surface area (Å²) in [5, 5.41) is 0. The molecule has 5 aromatic carbocycles. The maximum absolute atomic E-state index is 6.20. The molecule has 0 saturated heterocycles. The van der Waals surface area contributed by atoms with Crippen molar-refractivity contribution in [2.24, 2.45) is 0 Å². The van der Waals surface area contributed by atoms with Gasteiger partial charge in [0.05, 0.1) is 5.41 Å². The molecule has 0 bridgehead atoms. The van der Waals surface area contributed by atoms with Crippen LogP contribution in [-0.2, 0) is 5.41 Å². The molecule has 0 N–H and O–H groups in total. The summed E-state index contributed by atoms with van der Waals surface area (Å²) in [6, 6.07) is 48.1. The van der Waals surface area contributed by atoms with Gasteiger partial charge in [-0.3, -0.25) is 0 Å². The van der Waals surface area contributed by atoms with Gasteiger partial charge in [-0.2, -0.15) is 0 Å². The Hall–Kier alpha value is -3.81. The van der Waals surface area contributed by atoms with Crippen LogP contribution in [0.4, 0.5) is 11.4 Å². The fraction of sp³-hybridized carbons (Fsp3) is 0.0909. The number of hydrogen-bond acceptors (Lipinski definition) is 1. The number of fused-ring (bicyclic) bond motifs is 3. The van der Waals surface area contributed by atoms with Crippen molar-refractivity contribution in [2.75, 3.05) is 17.3 Å². The first kappa shape index (κ1) is 21.7. The third kappa shape index (κ3) is 3.47. The Morgan fingerprint density at radius 1 is 0.486 bits per heavy atom. The van der Waals surface area contributed by atoms with Crippen LogP contribution in [0.2, 0.25) is 0 Å². The fourth-order valence-electron chi connectivity index (χ4n) is 5.70. The minimum absolute atomic E-state index is 0.364. The monoisotopic (exact) mass is 471 g/mol. The molecule has 0 spiro atoms. The zero-order valence-electron chi connectivity index (χ0n) is 19.4. The van der Waals surface area contributed by atoms with Crippen molar-refractivity contribution < 1.29 is 0 Å². The second-order valence-electron chi connectivity index (χ2n) is 8.93. The Bertz CT molecular complexity index is 1400. The third-order valence-electron chi connectivity index (χ3n) is 7.15. The summed E-state index contributed by atoms with van der Waals surface area (Å²) >= 11 is 6.20. The third-order valence-corrected chi connectivity index (χ3v) is 7.32. The van der Waals surface area contributed by atoms with E-state index in [1.165, 1.54) is 33.4 Å². The summed E-state index contributed by atoms with van der Waals surface area (Å²) in [6.45, 7) is 0.750. The molecule has 1 nitrogen and oxygen atoms in total. The predicted molar refractivity (Wildman–Crippen MR) is 148 cm³/mol. The number of alkyl halides is 1. The number of benzene rings is 5. The van der Waals surface area contributed by atoms with Gasteiger partial charge in [-0.05, 0) is 57.6 Å². The molecule has 5 aromatic rings. The molecule has 0 saturated carbocycles. The lowest BCUT2D eigenvalue weighted by Gasteiger charge is -2.34. The molecule has 1 aliphatic rings. The molecule has 1 aliphatic carbocycles. The second-order valence-corrected chi connectivity index (χ2v) is 9.31. The van der Waals surface area contributed by atoms with E-state index in [0.717, 1.165) is 17.9 Å². The Kier molecular flexibility index (Phi) is 5.64. The predicted octanol–water partition coefficient (Wildman–Crippen LogP) is 8.43. The Morgan fingerprint density at radius 3 is 1.51 bits per heavy atom. The van der Waals surface area contributed by atoms with Crippen LogP contribution in [0.1, 0.15) is 22.3 Å². The minimum Gasteiger partial charge on any atom is -0.340 e. The van der Waals surface area contributed by atoms with Gasteiger partial charge in [0.1, 0.15) is 0 Å². The lowest BCUT2D eigenvalue weighted by molar-refractivity contribution is 0.768. The second kappa shape index (κ2) is 9.09. The lowest BCUT2D eigenvalue weighted by Crippen LogP contribution is -2.28. The Morgan fingerprint density at radius 2 is 0.943 bits per heavy atom. The maximum Gasteiger partial charge on any atom is 0.0713 e. The molecule has 0 fully saturated rings. The number of anilines is 2. The van der Waals surface area contributed by atoms with Crippen LogP contribution in [0.5, 0.6) is 0 Å². The first-order chi connectivity index (χ1) is 17.3. The molecule has 0 unspecified atom stereocenters. The number of hydrogen-bond donors (Lipinski definition) is 0. The molecule has 35 heavy (non-hydrogen) atoms. The van der Waals surface area contributed by atoms with E-state index in [4.69, 9.17) is 11.6 Å². The highest BCUT2D eigenvalue weighted by atomic mass is 35.5. The summed E-state index contributed by atoms with van der Waals surface area (Å²) in [4.78, 5) is 2.28. The van der Waals surface area contributed by atoms with Crippen LogP contribution in [0.3, 0.4) is 0 Å². The average Bonchev–Trinajstić information content (AvgIpc) is 3.24. The summed E-state index contributed by atoms with van der Waals surface area (Å²) in [7, 11) is 0. The molecular weight excluding hydrogens is 446 g/mol. The van der Waals surface area contributed by atoms with Gasteiger partial charge in [-0.15, -0.1) is 11.6 Å². The van der Waals surface area contributed by atoms with Crippen LogP contribution in [0.15, 0.2) is 133 Å². The molecule has 0 amide bonds. The Balaban J connectivity index is 1.56. The van der Waals surface area contributed by atoms with E-state index in [1.54, 1.807) is 0 Å². The first-order valence-electron chi connectivity index (χ1n) is 12.1. The van der Waals surface area contributed by atoms with Gasteiger partial charge in [-0.1, -0.05) is 109 Å². The highest BCUT2D eigenvalue weighted by Crippen LogP contribution is 2.56. The van der Waals surface area contributed by atoms with Crippen molar-refractivity contribution in [3.05, 3.63) is 156 Å². The molecule has 0 aliphatic heterocycles. The highest BCUT2D eigenvalue weighted by molar-refractivity contribution is 6.18. The van der Waals surface area contributed by atoms with Crippen molar-refractivity contribution in [2.45, 2.75) is 5.41 Å². The zero-order valence-corrected chi connectivity index (χ0v) is 20.2. The fourth-order valence-corrected chi connectivity index (χ4v) is 5.87. The van der Waals surface area contributed by atoms with Crippen LogP contribution < -0.4 is 4.90 Å². The van der Waals surface area contributed by atoms with Gasteiger partial charge in [0.15, 0.2) is 0 Å². The van der Waals surface area contributed by atoms with Gasteiger partial charge in [0.2, 0.25) is 0 Å². The van der Waals surface area contributed by atoms with E-state index in [2.05, 4.69) is 132 Å². The van der Waals surface area contributed by atoms with Crippen molar-refractivity contribution in [1.82, 2.24) is 0 Å². The van der Waals surface area contributed by atoms with E-state index in [-0.39, 0.29) is 5.41 Å². The smallest absolute Gasteiger partial charge is 0.0713 e. The van der Waals surface area contributed by atoms with Gasteiger partial charge in [-0.25, -0.2) is 0 Å². The SMILES string of the molecule is ClCCN(c1ccccc1)c1ccc(C2(c3ccccc3)c3ccccc3-c3ccccc32)cc1. The highest BCUT2D eigenvalue weighted by Gasteiger charge is 2.45. The Labute approximate surface area is 212 Å². The zero-order chi connectivity index (χ0) is 23.7.